The van der Waals surface area contributed by atoms with Crippen molar-refractivity contribution in [2.24, 2.45) is 0 Å². The summed E-state index contributed by atoms with van der Waals surface area (Å²) in [7, 11) is 4.14. The van der Waals surface area contributed by atoms with E-state index in [1.54, 1.807) is 0 Å². The van der Waals surface area contributed by atoms with Gasteiger partial charge in [-0.1, -0.05) is 0 Å². The van der Waals surface area contributed by atoms with E-state index in [2.05, 4.69) is 53.6 Å². The number of aryl methyl sites for hydroxylation is 1. The molecule has 2 aromatic heterocycles. The molecule has 3 heteroatoms. The maximum absolute atomic E-state index is 4.33. The summed E-state index contributed by atoms with van der Waals surface area (Å²) in [6, 6.07) is 4.27. The number of nitrogens with zero attached hydrogens (tertiary/aromatic N) is 3. The van der Waals surface area contributed by atoms with Gasteiger partial charge in [-0.05, 0) is 38.7 Å². The molecule has 0 saturated heterocycles. The normalized spacial score (nSPS) is 11.4. The van der Waals surface area contributed by atoms with Gasteiger partial charge < -0.3 is 9.30 Å². The second kappa shape index (κ2) is 3.42. The Morgan fingerprint density at radius 2 is 2.21 bits per heavy atom. The van der Waals surface area contributed by atoms with E-state index in [1.165, 1.54) is 11.3 Å². The Labute approximate surface area is 84.0 Å². The van der Waals surface area contributed by atoms with E-state index >= 15 is 0 Å². The number of fused-ring (bicyclic) bond motifs is 1. The molecule has 3 nitrogen and oxygen atoms in total. The molecule has 0 unspecified atom stereocenters. The molecule has 2 rings (SSSR count). The summed E-state index contributed by atoms with van der Waals surface area (Å²) in [4.78, 5) is 6.49. The molecule has 0 fully saturated rings. The van der Waals surface area contributed by atoms with Crippen LogP contribution in [0.2, 0.25) is 0 Å². The minimum absolute atomic E-state index is 0.961. The van der Waals surface area contributed by atoms with Gasteiger partial charge in [0.2, 0.25) is 0 Å². The van der Waals surface area contributed by atoms with Gasteiger partial charge in [-0.15, -0.1) is 0 Å². The van der Waals surface area contributed by atoms with Gasteiger partial charge in [0.05, 0.1) is 0 Å². The zero-order valence-corrected chi connectivity index (χ0v) is 8.86. The smallest absolute Gasteiger partial charge is 0.137 e. The molecule has 0 aromatic carbocycles. The van der Waals surface area contributed by atoms with Crippen LogP contribution in [0.15, 0.2) is 24.5 Å². The first-order chi connectivity index (χ1) is 6.66. The lowest BCUT2D eigenvalue weighted by molar-refractivity contribution is 0.402. The number of aromatic nitrogens is 2. The summed E-state index contributed by atoms with van der Waals surface area (Å²) in [6.45, 7) is 3.02. The van der Waals surface area contributed by atoms with Crippen molar-refractivity contribution in [3.63, 3.8) is 0 Å². The van der Waals surface area contributed by atoms with Crippen molar-refractivity contribution in [2.45, 2.75) is 13.5 Å². The summed E-state index contributed by atoms with van der Waals surface area (Å²) in [5.41, 5.74) is 3.51. The predicted molar refractivity (Wildman–Crippen MR) is 57.3 cm³/mol. The van der Waals surface area contributed by atoms with Crippen LogP contribution in [0, 0.1) is 6.92 Å². The van der Waals surface area contributed by atoms with Crippen LogP contribution in [0.5, 0.6) is 0 Å². The van der Waals surface area contributed by atoms with Crippen molar-refractivity contribution in [3.05, 3.63) is 35.8 Å². The molecule has 0 radical (unpaired) electrons. The Balaban J connectivity index is 2.42. The van der Waals surface area contributed by atoms with Crippen molar-refractivity contribution in [1.82, 2.24) is 14.3 Å². The van der Waals surface area contributed by atoms with Crippen molar-refractivity contribution in [3.8, 4) is 0 Å². The van der Waals surface area contributed by atoms with Gasteiger partial charge >= 0.3 is 0 Å². The molecule has 14 heavy (non-hydrogen) atoms. The third-order valence-electron chi connectivity index (χ3n) is 2.26. The van der Waals surface area contributed by atoms with E-state index < -0.39 is 0 Å². The van der Waals surface area contributed by atoms with Crippen molar-refractivity contribution < 1.29 is 0 Å². The van der Waals surface area contributed by atoms with Crippen LogP contribution in [0.4, 0.5) is 0 Å². The highest BCUT2D eigenvalue weighted by atomic mass is 15.1. The molecule has 0 amide bonds. The largest absolute Gasteiger partial charge is 0.305 e. The van der Waals surface area contributed by atoms with Crippen LogP contribution in [-0.2, 0) is 6.54 Å². The summed E-state index contributed by atoms with van der Waals surface area (Å²) < 4.78 is 2.10. The predicted octanol–water partition coefficient (Wildman–Crippen LogP) is 1.70. The van der Waals surface area contributed by atoms with Crippen LogP contribution in [-0.4, -0.2) is 28.4 Å². The Hall–Kier alpha value is -1.35. The van der Waals surface area contributed by atoms with Crippen molar-refractivity contribution in [1.29, 1.82) is 0 Å². The fraction of sp³-hybridized carbons (Fsp3) is 0.364. The lowest BCUT2D eigenvalue weighted by Crippen LogP contribution is -2.10. The highest BCUT2D eigenvalue weighted by Gasteiger charge is 2.00. The zero-order valence-electron chi connectivity index (χ0n) is 8.86. The molecule has 2 aromatic rings. The van der Waals surface area contributed by atoms with Crippen LogP contribution in [0.3, 0.4) is 0 Å². The number of imidazole rings is 1. The minimum Gasteiger partial charge on any atom is -0.305 e. The van der Waals surface area contributed by atoms with Crippen molar-refractivity contribution in [2.75, 3.05) is 14.1 Å². The fourth-order valence-corrected chi connectivity index (χ4v) is 1.61. The summed E-state index contributed by atoms with van der Waals surface area (Å²) in [6.07, 6.45) is 3.98. The van der Waals surface area contributed by atoms with Crippen LogP contribution >= 0.6 is 0 Å². The molecular weight excluding hydrogens is 174 g/mol. The third kappa shape index (κ3) is 1.63. The van der Waals surface area contributed by atoms with Gasteiger partial charge in [0.25, 0.3) is 0 Å². The quantitative estimate of drug-likeness (QED) is 0.716. The number of pyridine rings is 1. The van der Waals surface area contributed by atoms with E-state index in [4.69, 9.17) is 0 Å². The molecule has 0 N–H and O–H groups in total. The van der Waals surface area contributed by atoms with Crippen LogP contribution < -0.4 is 0 Å². The number of hydrogen-bond donors (Lipinski definition) is 0. The van der Waals surface area contributed by atoms with E-state index in [-0.39, 0.29) is 0 Å². The number of hydrogen-bond acceptors (Lipinski definition) is 2. The molecule has 74 valence electrons. The molecule has 0 spiro atoms. The Bertz CT molecular complexity index is 443. The first-order valence-corrected chi connectivity index (χ1v) is 4.74. The Morgan fingerprint density at radius 3 is 2.93 bits per heavy atom. The molecule has 0 bridgehead atoms. The molecule has 2 heterocycles. The van der Waals surface area contributed by atoms with Gasteiger partial charge in [0.15, 0.2) is 0 Å². The molecule has 0 aliphatic rings. The molecular formula is C11H15N3. The second-order valence-electron chi connectivity index (χ2n) is 3.90. The average molecular weight is 189 g/mol. The second-order valence-corrected chi connectivity index (χ2v) is 3.90. The minimum atomic E-state index is 0.961. The first-order valence-electron chi connectivity index (χ1n) is 4.74. The van der Waals surface area contributed by atoms with Gasteiger partial charge in [0, 0.05) is 24.6 Å². The zero-order chi connectivity index (χ0) is 10.1. The van der Waals surface area contributed by atoms with Gasteiger partial charge in [-0.25, -0.2) is 4.98 Å². The SMILES string of the molecule is Cc1cnc2cc(CN(C)C)ccn12. The maximum Gasteiger partial charge on any atom is 0.137 e. The van der Waals surface area contributed by atoms with Gasteiger partial charge in [0.1, 0.15) is 5.65 Å². The van der Waals surface area contributed by atoms with E-state index in [0.717, 1.165) is 12.2 Å². The summed E-state index contributed by atoms with van der Waals surface area (Å²) >= 11 is 0. The van der Waals surface area contributed by atoms with Gasteiger partial charge in [-0.3, -0.25) is 0 Å². The van der Waals surface area contributed by atoms with E-state index in [0.29, 0.717) is 0 Å². The monoisotopic (exact) mass is 189 g/mol. The molecule has 0 aliphatic carbocycles. The Kier molecular flexibility index (Phi) is 2.25. The van der Waals surface area contributed by atoms with Crippen molar-refractivity contribution >= 4 is 5.65 Å². The third-order valence-corrected chi connectivity index (χ3v) is 2.26. The summed E-state index contributed by atoms with van der Waals surface area (Å²) in [5.74, 6) is 0. The summed E-state index contributed by atoms with van der Waals surface area (Å²) in [5, 5.41) is 0. The lowest BCUT2D eigenvalue weighted by atomic mass is 10.2. The number of rotatable bonds is 2. The fourth-order valence-electron chi connectivity index (χ4n) is 1.61. The lowest BCUT2D eigenvalue weighted by Gasteiger charge is -2.09. The first kappa shape index (κ1) is 9.21. The highest BCUT2D eigenvalue weighted by molar-refractivity contribution is 5.43. The highest BCUT2D eigenvalue weighted by Crippen LogP contribution is 2.09. The topological polar surface area (TPSA) is 20.5 Å². The Morgan fingerprint density at radius 1 is 1.43 bits per heavy atom. The molecule has 0 saturated carbocycles. The van der Waals surface area contributed by atoms with Crippen LogP contribution in [0.1, 0.15) is 11.3 Å². The maximum atomic E-state index is 4.33. The van der Waals surface area contributed by atoms with E-state index in [9.17, 15) is 0 Å². The van der Waals surface area contributed by atoms with E-state index in [1.807, 2.05) is 6.20 Å². The molecule has 0 aliphatic heterocycles. The average Bonchev–Trinajstić information content (AvgIpc) is 2.46. The standard InChI is InChI=1S/C11H15N3/c1-9-7-12-11-6-10(8-13(2)3)4-5-14(9)11/h4-7H,8H2,1-3H3. The van der Waals surface area contributed by atoms with Gasteiger partial charge in [-0.2, -0.15) is 0 Å². The molecule has 0 atom stereocenters. The van der Waals surface area contributed by atoms with Crippen LogP contribution in [0.25, 0.3) is 5.65 Å².